The van der Waals surface area contributed by atoms with E-state index in [-0.39, 0.29) is 17.9 Å². The van der Waals surface area contributed by atoms with Gasteiger partial charge in [0, 0.05) is 12.0 Å². The molecule has 5 heteroatoms. The minimum absolute atomic E-state index is 0.0262. The van der Waals surface area contributed by atoms with Crippen LogP contribution < -0.4 is 5.32 Å². The van der Waals surface area contributed by atoms with Crippen molar-refractivity contribution in [3.05, 3.63) is 0 Å². The summed E-state index contributed by atoms with van der Waals surface area (Å²) >= 11 is 0. The first-order valence-electron chi connectivity index (χ1n) is 6.73. The molecule has 5 nitrogen and oxygen atoms in total. The van der Waals surface area contributed by atoms with E-state index in [2.05, 4.69) is 5.32 Å². The number of hydrogen-bond acceptors (Lipinski definition) is 3. The van der Waals surface area contributed by atoms with E-state index < -0.39 is 5.97 Å². The van der Waals surface area contributed by atoms with Crippen molar-refractivity contribution >= 4 is 11.9 Å². The average Bonchev–Trinajstić information content (AvgIpc) is 3.11. The molecule has 0 aromatic rings. The molecule has 1 aliphatic carbocycles. The number of amides is 1. The summed E-state index contributed by atoms with van der Waals surface area (Å²) in [6, 6.07) is 0. The number of carboxylic acid groups (broad SMARTS) is 1. The lowest BCUT2D eigenvalue weighted by Crippen LogP contribution is -2.49. The van der Waals surface area contributed by atoms with E-state index >= 15 is 0 Å². The van der Waals surface area contributed by atoms with E-state index in [9.17, 15) is 9.59 Å². The molecule has 1 amide bonds. The van der Waals surface area contributed by atoms with E-state index in [1.807, 2.05) is 6.92 Å². The maximum atomic E-state index is 12.6. The fourth-order valence-corrected chi connectivity index (χ4v) is 2.57. The molecule has 0 atom stereocenters. The molecule has 0 aromatic carbocycles. The Balaban J connectivity index is 2.02. The van der Waals surface area contributed by atoms with Gasteiger partial charge in [0.05, 0.1) is 0 Å². The number of hydrogen-bond donors (Lipinski definition) is 2. The van der Waals surface area contributed by atoms with Crippen LogP contribution in [0.15, 0.2) is 0 Å². The molecule has 18 heavy (non-hydrogen) atoms. The monoisotopic (exact) mass is 254 g/mol. The van der Waals surface area contributed by atoms with Crippen molar-refractivity contribution in [2.45, 2.75) is 32.6 Å². The highest BCUT2D eigenvalue weighted by molar-refractivity contribution is 5.85. The molecular weight excluding hydrogens is 232 g/mol. The van der Waals surface area contributed by atoms with Crippen molar-refractivity contribution in [3.8, 4) is 0 Å². The third-order valence-electron chi connectivity index (χ3n) is 4.01. The lowest BCUT2D eigenvalue weighted by Gasteiger charge is -2.37. The smallest absolute Gasteiger partial charge is 0.323 e. The molecule has 0 spiro atoms. The summed E-state index contributed by atoms with van der Waals surface area (Å²) in [5, 5.41) is 12.2. The van der Waals surface area contributed by atoms with Gasteiger partial charge < -0.3 is 15.3 Å². The number of carboxylic acids is 1. The first-order valence-corrected chi connectivity index (χ1v) is 6.73. The maximum absolute atomic E-state index is 12.6. The number of nitrogens with one attached hydrogen (secondary N) is 1. The number of rotatable bonds is 5. The summed E-state index contributed by atoms with van der Waals surface area (Å²) in [6.07, 6.45) is 3.85. The van der Waals surface area contributed by atoms with Crippen molar-refractivity contribution in [3.63, 3.8) is 0 Å². The van der Waals surface area contributed by atoms with Crippen molar-refractivity contribution in [2.75, 3.05) is 26.2 Å². The Bertz CT molecular complexity index is 333. The van der Waals surface area contributed by atoms with Crippen LogP contribution in [-0.2, 0) is 9.59 Å². The normalized spacial score (nSPS) is 22.5. The SMILES string of the molecule is CC1(C(=O)N(CC(=O)O)CC2CC2)CCNCC1. The largest absolute Gasteiger partial charge is 0.480 e. The van der Waals surface area contributed by atoms with Gasteiger partial charge in [-0.15, -0.1) is 0 Å². The molecule has 2 fully saturated rings. The maximum Gasteiger partial charge on any atom is 0.323 e. The number of carbonyl (C=O) groups excluding carboxylic acids is 1. The zero-order valence-corrected chi connectivity index (χ0v) is 10.9. The summed E-state index contributed by atoms with van der Waals surface area (Å²) in [7, 11) is 0. The molecule has 0 radical (unpaired) electrons. The quantitative estimate of drug-likeness (QED) is 0.757. The minimum Gasteiger partial charge on any atom is -0.480 e. The molecule has 0 unspecified atom stereocenters. The van der Waals surface area contributed by atoms with Crippen LogP contribution in [0.4, 0.5) is 0 Å². The zero-order valence-electron chi connectivity index (χ0n) is 10.9. The van der Waals surface area contributed by atoms with Crippen molar-refractivity contribution in [1.82, 2.24) is 10.2 Å². The summed E-state index contributed by atoms with van der Waals surface area (Å²) in [4.78, 5) is 25.0. The molecule has 1 saturated carbocycles. The highest BCUT2D eigenvalue weighted by Crippen LogP contribution is 2.34. The van der Waals surface area contributed by atoms with Gasteiger partial charge in [0.2, 0.25) is 5.91 Å². The molecule has 2 rings (SSSR count). The Morgan fingerprint density at radius 1 is 1.33 bits per heavy atom. The number of piperidine rings is 1. The van der Waals surface area contributed by atoms with E-state index in [4.69, 9.17) is 5.11 Å². The molecule has 2 aliphatic rings. The Morgan fingerprint density at radius 3 is 2.44 bits per heavy atom. The second-order valence-electron chi connectivity index (χ2n) is 5.83. The summed E-state index contributed by atoms with van der Waals surface area (Å²) < 4.78 is 0. The van der Waals surface area contributed by atoms with E-state index in [1.54, 1.807) is 4.90 Å². The van der Waals surface area contributed by atoms with Crippen molar-refractivity contribution < 1.29 is 14.7 Å². The second kappa shape index (κ2) is 5.26. The topological polar surface area (TPSA) is 69.6 Å². The molecule has 2 N–H and O–H groups in total. The van der Waals surface area contributed by atoms with E-state index in [1.165, 1.54) is 0 Å². The fraction of sp³-hybridized carbons (Fsp3) is 0.846. The number of aliphatic carboxylic acids is 1. The molecule has 1 saturated heterocycles. The molecule has 0 aromatic heterocycles. The van der Waals surface area contributed by atoms with Gasteiger partial charge in [-0.05, 0) is 44.7 Å². The summed E-state index contributed by atoms with van der Waals surface area (Å²) in [5.74, 6) is -0.363. The van der Waals surface area contributed by atoms with E-state index in [0.717, 1.165) is 38.8 Å². The molecular formula is C13H22N2O3. The van der Waals surface area contributed by atoms with Gasteiger partial charge in [-0.1, -0.05) is 6.92 Å². The highest BCUT2D eigenvalue weighted by Gasteiger charge is 2.39. The molecule has 0 bridgehead atoms. The Kier molecular flexibility index (Phi) is 3.90. The first kappa shape index (κ1) is 13.3. The van der Waals surface area contributed by atoms with Gasteiger partial charge in [0.15, 0.2) is 0 Å². The van der Waals surface area contributed by atoms with Gasteiger partial charge >= 0.3 is 5.97 Å². The summed E-state index contributed by atoms with van der Waals surface area (Å²) in [6.45, 7) is 4.11. The van der Waals surface area contributed by atoms with Crippen LogP contribution in [0.3, 0.4) is 0 Å². The van der Waals surface area contributed by atoms with E-state index in [0.29, 0.717) is 12.5 Å². The van der Waals surface area contributed by atoms with Crippen LogP contribution in [0, 0.1) is 11.3 Å². The van der Waals surface area contributed by atoms with Gasteiger partial charge in [-0.2, -0.15) is 0 Å². The van der Waals surface area contributed by atoms with Gasteiger partial charge in [-0.3, -0.25) is 9.59 Å². The summed E-state index contributed by atoms with van der Waals surface area (Å²) in [5.41, 5.74) is -0.379. The van der Waals surface area contributed by atoms with Gasteiger partial charge in [0.25, 0.3) is 0 Å². The van der Waals surface area contributed by atoms with Crippen molar-refractivity contribution in [2.24, 2.45) is 11.3 Å². The average molecular weight is 254 g/mol. The fourth-order valence-electron chi connectivity index (χ4n) is 2.57. The van der Waals surface area contributed by atoms with Crippen molar-refractivity contribution in [1.29, 1.82) is 0 Å². The van der Waals surface area contributed by atoms with Crippen LogP contribution in [0.1, 0.15) is 32.6 Å². The minimum atomic E-state index is -0.915. The molecule has 1 aliphatic heterocycles. The lowest BCUT2D eigenvalue weighted by atomic mass is 9.79. The molecule has 102 valence electrons. The number of nitrogens with zero attached hydrogens (tertiary/aromatic N) is 1. The predicted molar refractivity (Wildman–Crippen MR) is 67.2 cm³/mol. The zero-order chi connectivity index (χ0) is 13.2. The lowest BCUT2D eigenvalue weighted by molar-refractivity contribution is -0.150. The first-order chi connectivity index (χ1) is 8.51. The van der Waals surface area contributed by atoms with Gasteiger partial charge in [-0.25, -0.2) is 0 Å². The van der Waals surface area contributed by atoms with Crippen LogP contribution >= 0.6 is 0 Å². The van der Waals surface area contributed by atoms with Crippen LogP contribution in [0.25, 0.3) is 0 Å². The van der Waals surface area contributed by atoms with Crippen LogP contribution in [0.5, 0.6) is 0 Å². The third kappa shape index (κ3) is 3.22. The number of carbonyl (C=O) groups is 2. The van der Waals surface area contributed by atoms with Crippen LogP contribution in [-0.4, -0.2) is 48.1 Å². The third-order valence-corrected chi connectivity index (χ3v) is 4.01. The second-order valence-corrected chi connectivity index (χ2v) is 5.83. The Hall–Kier alpha value is -1.10. The molecule has 1 heterocycles. The predicted octanol–water partition coefficient (Wildman–Crippen LogP) is 0.699. The Labute approximate surface area is 108 Å². The standard InChI is InChI=1S/C13H22N2O3/c1-13(4-6-14-7-5-13)12(18)15(9-11(16)17)8-10-2-3-10/h10,14H,2-9H2,1H3,(H,16,17). The highest BCUT2D eigenvalue weighted by atomic mass is 16.4. The van der Waals surface area contributed by atoms with Gasteiger partial charge in [0.1, 0.15) is 6.54 Å². The Morgan fingerprint density at radius 2 is 1.94 bits per heavy atom. The van der Waals surface area contributed by atoms with Crippen LogP contribution in [0.2, 0.25) is 0 Å².